The van der Waals surface area contributed by atoms with Gasteiger partial charge in [0.25, 0.3) is 0 Å². The van der Waals surface area contributed by atoms with E-state index in [-0.39, 0.29) is 12.3 Å². The molecule has 2 aliphatic heterocycles. The second-order valence-electron chi connectivity index (χ2n) is 16.5. The predicted molar refractivity (Wildman–Crippen MR) is 208 cm³/mol. The molecule has 4 N–H and O–H groups in total. The van der Waals surface area contributed by atoms with Gasteiger partial charge in [0.2, 0.25) is 0 Å². The van der Waals surface area contributed by atoms with Gasteiger partial charge in [-0.05, 0) is 140 Å². The molecule has 1 saturated carbocycles. The van der Waals surface area contributed by atoms with Gasteiger partial charge in [0.05, 0.1) is 18.5 Å². The largest absolute Gasteiger partial charge is 0.378 e. The number of hydrogen-bond acceptors (Lipinski definition) is 4. The van der Waals surface area contributed by atoms with Gasteiger partial charge in [-0.15, -0.1) is 0 Å². The molecule has 4 heteroatoms. The first-order chi connectivity index (χ1) is 24.8. The van der Waals surface area contributed by atoms with E-state index in [0.29, 0.717) is 41.8 Å². The molecule has 0 amide bonds. The highest BCUT2D eigenvalue weighted by molar-refractivity contribution is 5.74. The van der Waals surface area contributed by atoms with Crippen molar-refractivity contribution in [2.45, 2.75) is 127 Å². The Bertz CT molecular complexity index is 1660. The van der Waals surface area contributed by atoms with Crippen molar-refractivity contribution >= 4 is 5.57 Å². The van der Waals surface area contributed by atoms with Crippen molar-refractivity contribution < 1.29 is 0 Å². The Morgan fingerprint density at radius 2 is 1.60 bits per heavy atom. The van der Waals surface area contributed by atoms with Crippen molar-refractivity contribution in [2.75, 3.05) is 0 Å². The van der Waals surface area contributed by atoms with Gasteiger partial charge in [-0.25, -0.2) is 0 Å². The van der Waals surface area contributed by atoms with Gasteiger partial charge in [-0.2, -0.15) is 0 Å². The van der Waals surface area contributed by atoms with Gasteiger partial charge < -0.3 is 5.32 Å². The summed E-state index contributed by atoms with van der Waals surface area (Å²) in [6, 6.07) is 9.76. The number of fused-ring (bicyclic) bond motifs is 3. The Morgan fingerprint density at radius 3 is 2.46 bits per heavy atom. The van der Waals surface area contributed by atoms with Crippen LogP contribution in [0.1, 0.15) is 113 Å². The predicted octanol–water partition coefficient (Wildman–Crippen LogP) is 9.62. The Kier molecular flexibility index (Phi) is 9.69. The lowest BCUT2D eigenvalue weighted by Gasteiger charge is -2.47. The topological polar surface area (TPSA) is 48.1 Å². The Morgan fingerprint density at radius 1 is 0.700 bits per heavy atom. The first-order valence-electron chi connectivity index (χ1n) is 20.4. The summed E-state index contributed by atoms with van der Waals surface area (Å²) in [5.74, 6) is 2.76. The zero-order valence-electron chi connectivity index (χ0n) is 30.0. The molecule has 0 bridgehead atoms. The van der Waals surface area contributed by atoms with E-state index in [1.807, 2.05) is 0 Å². The fourth-order valence-electron chi connectivity index (χ4n) is 10.8. The van der Waals surface area contributed by atoms with E-state index in [9.17, 15) is 0 Å². The van der Waals surface area contributed by atoms with Crippen molar-refractivity contribution in [2.24, 2.45) is 23.7 Å². The maximum atomic E-state index is 4.18. The molecule has 8 atom stereocenters. The van der Waals surface area contributed by atoms with Gasteiger partial charge in [-0.1, -0.05) is 104 Å². The van der Waals surface area contributed by atoms with Crippen LogP contribution in [-0.4, -0.2) is 24.5 Å². The van der Waals surface area contributed by atoms with E-state index in [1.54, 1.807) is 16.7 Å². The fraction of sp³-hybridized carbons (Fsp3) is 0.522. The fourth-order valence-corrected chi connectivity index (χ4v) is 10.8. The molecule has 9 rings (SSSR count). The standard InChI is InChI=1S/C46H58N4/c1-4-15-31(16-5-1)42-25-14-26-43(47-42)39-28-27-35(30-41(39)40-29-34-21-10-11-22-36(34)37-23-12-13-24-38(37)40)46-49-44(32-17-6-2-7-18-32)48-45(50-46)33-19-8-3-9-20-33/h2,6,11-15,17,22-27,29,33-34,36,39,41,43-50H,1,3-5,7-10,16,18-21,28,30H2. The van der Waals surface area contributed by atoms with E-state index < -0.39 is 0 Å². The highest BCUT2D eigenvalue weighted by Crippen LogP contribution is 2.50. The van der Waals surface area contributed by atoms with Gasteiger partial charge in [0.15, 0.2) is 0 Å². The van der Waals surface area contributed by atoms with Crippen LogP contribution in [0.15, 0.2) is 114 Å². The van der Waals surface area contributed by atoms with Crippen molar-refractivity contribution in [3.05, 3.63) is 125 Å². The molecule has 0 spiro atoms. The molecule has 2 fully saturated rings. The normalized spacial score (nSPS) is 35.8. The first-order valence-corrected chi connectivity index (χ1v) is 20.4. The van der Waals surface area contributed by atoms with E-state index >= 15 is 0 Å². The van der Waals surface area contributed by atoms with Crippen molar-refractivity contribution in [1.82, 2.24) is 21.3 Å². The lowest BCUT2D eigenvalue weighted by atomic mass is 9.64. The van der Waals surface area contributed by atoms with E-state index in [0.717, 1.165) is 25.7 Å². The number of benzene rings is 1. The SMILES string of the molecule is C1=CCCC(C2NC(C3=CCC(C4C=CC=C(C5=CCCCC5)N4)C(C4=CC5CCC=CC5c5ccccc54)C3)NC(C3CCCCC3)N2)=C1. The average Bonchev–Trinajstić information content (AvgIpc) is 3.21. The second-order valence-corrected chi connectivity index (χ2v) is 16.5. The lowest BCUT2D eigenvalue weighted by molar-refractivity contribution is 0.149. The van der Waals surface area contributed by atoms with Crippen molar-refractivity contribution in [1.29, 1.82) is 0 Å². The van der Waals surface area contributed by atoms with Crippen LogP contribution in [0.2, 0.25) is 0 Å². The van der Waals surface area contributed by atoms with Gasteiger partial charge in [0, 0.05) is 17.7 Å². The van der Waals surface area contributed by atoms with Gasteiger partial charge in [0.1, 0.15) is 0 Å². The Hall–Kier alpha value is -3.18. The monoisotopic (exact) mass is 666 g/mol. The third kappa shape index (κ3) is 6.64. The molecule has 262 valence electrons. The quantitative estimate of drug-likeness (QED) is 0.229. The van der Waals surface area contributed by atoms with Crippen LogP contribution in [0.3, 0.4) is 0 Å². The number of rotatable bonds is 6. The third-order valence-electron chi connectivity index (χ3n) is 13.5. The number of dihydropyridines is 1. The highest BCUT2D eigenvalue weighted by atomic mass is 15.4. The smallest absolute Gasteiger partial charge is 0.0824 e. The highest BCUT2D eigenvalue weighted by Gasteiger charge is 2.42. The molecule has 50 heavy (non-hydrogen) atoms. The molecular formula is C46H58N4. The zero-order chi connectivity index (χ0) is 33.3. The minimum Gasteiger partial charge on any atom is -0.378 e. The summed E-state index contributed by atoms with van der Waals surface area (Å²) in [6.07, 6.45) is 46.5. The summed E-state index contributed by atoms with van der Waals surface area (Å²) in [6.45, 7) is 0. The molecule has 8 aliphatic rings. The minimum atomic E-state index is 0.186. The number of hydrogen-bond donors (Lipinski definition) is 4. The van der Waals surface area contributed by atoms with E-state index in [2.05, 4.69) is 112 Å². The molecular weight excluding hydrogens is 609 g/mol. The van der Waals surface area contributed by atoms with Crippen LogP contribution >= 0.6 is 0 Å². The molecule has 0 radical (unpaired) electrons. The maximum absolute atomic E-state index is 4.18. The molecule has 6 aliphatic carbocycles. The van der Waals surface area contributed by atoms with Crippen LogP contribution in [-0.2, 0) is 0 Å². The average molecular weight is 667 g/mol. The molecule has 0 aromatic heterocycles. The van der Waals surface area contributed by atoms with Crippen LogP contribution < -0.4 is 21.3 Å². The van der Waals surface area contributed by atoms with Crippen LogP contribution in [0.4, 0.5) is 0 Å². The van der Waals surface area contributed by atoms with Crippen molar-refractivity contribution in [3.8, 4) is 0 Å². The lowest BCUT2D eigenvalue weighted by Crippen LogP contribution is -2.70. The molecule has 1 aromatic rings. The number of allylic oxidation sites excluding steroid dienone is 12. The second kappa shape index (κ2) is 14.8. The van der Waals surface area contributed by atoms with Crippen LogP contribution in [0.5, 0.6) is 0 Å². The summed E-state index contributed by atoms with van der Waals surface area (Å²) in [5.41, 5.74) is 10.7. The summed E-state index contributed by atoms with van der Waals surface area (Å²) < 4.78 is 0. The van der Waals surface area contributed by atoms with E-state index in [4.69, 9.17) is 0 Å². The van der Waals surface area contributed by atoms with Crippen LogP contribution in [0, 0.1) is 23.7 Å². The summed E-state index contributed by atoms with van der Waals surface area (Å²) in [5, 5.41) is 16.5. The van der Waals surface area contributed by atoms with Gasteiger partial charge >= 0.3 is 0 Å². The zero-order valence-corrected chi connectivity index (χ0v) is 30.0. The minimum absolute atomic E-state index is 0.186. The molecule has 4 nitrogen and oxygen atoms in total. The Labute approximate surface area is 301 Å². The van der Waals surface area contributed by atoms with Crippen molar-refractivity contribution in [3.63, 3.8) is 0 Å². The molecule has 2 heterocycles. The van der Waals surface area contributed by atoms with Crippen LogP contribution in [0.25, 0.3) is 5.57 Å². The summed E-state index contributed by atoms with van der Waals surface area (Å²) >= 11 is 0. The molecule has 1 aromatic carbocycles. The summed E-state index contributed by atoms with van der Waals surface area (Å²) in [4.78, 5) is 0. The van der Waals surface area contributed by atoms with E-state index in [1.165, 1.54) is 93.0 Å². The third-order valence-corrected chi connectivity index (χ3v) is 13.5. The van der Waals surface area contributed by atoms with Gasteiger partial charge in [-0.3, -0.25) is 16.0 Å². The first kappa shape index (κ1) is 32.7. The Balaban J connectivity index is 1.06. The summed E-state index contributed by atoms with van der Waals surface area (Å²) in [7, 11) is 0. The maximum Gasteiger partial charge on any atom is 0.0824 e. The molecule has 1 saturated heterocycles. The molecule has 8 unspecified atom stereocenters. The number of nitrogens with one attached hydrogen (secondary N) is 4.